The minimum atomic E-state index is -0.102. The Kier molecular flexibility index (Phi) is 6.01. The Hall–Kier alpha value is -1.44. The van der Waals surface area contributed by atoms with E-state index in [1.54, 1.807) is 0 Å². The molecule has 2 aromatic rings. The predicted molar refractivity (Wildman–Crippen MR) is 99.3 cm³/mol. The number of aryl methyl sites for hydroxylation is 3. The Bertz CT molecular complexity index is 801. The van der Waals surface area contributed by atoms with Crippen molar-refractivity contribution < 1.29 is 4.79 Å². The van der Waals surface area contributed by atoms with E-state index < -0.39 is 0 Å². The molecule has 8 heteroatoms. The second-order valence-electron chi connectivity index (χ2n) is 6.12. The lowest BCUT2D eigenvalue weighted by Gasteiger charge is -2.34. The molecular weight excluding hydrogens is 348 g/mol. The minimum absolute atomic E-state index is 0. The van der Waals surface area contributed by atoms with Gasteiger partial charge in [0.15, 0.2) is 0 Å². The van der Waals surface area contributed by atoms with Crippen LogP contribution in [-0.4, -0.2) is 46.5 Å². The summed E-state index contributed by atoms with van der Waals surface area (Å²) in [6, 6.07) is 0.216. The summed E-state index contributed by atoms with van der Waals surface area (Å²) in [5.41, 5.74) is 0.894. The van der Waals surface area contributed by atoms with E-state index in [-0.39, 0.29) is 29.9 Å². The van der Waals surface area contributed by atoms with Gasteiger partial charge in [0.2, 0.25) is 5.91 Å². The molecule has 1 aliphatic rings. The molecule has 0 aliphatic carbocycles. The highest BCUT2D eigenvalue weighted by Gasteiger charge is 2.22. The van der Waals surface area contributed by atoms with E-state index in [0.29, 0.717) is 24.1 Å². The first-order valence-corrected chi connectivity index (χ1v) is 8.78. The number of hydrogen-bond acceptors (Lipinski definition) is 5. The maximum absolute atomic E-state index is 12.4. The van der Waals surface area contributed by atoms with E-state index in [1.165, 1.54) is 11.3 Å². The molecule has 0 aromatic carbocycles. The smallest absolute Gasteiger partial charge is 0.259 e. The SMILES string of the molecule is Cc1sc2nc(CCC(=O)N3CCNCC3C)[nH]c(=O)c2c1C.Cl. The Morgan fingerprint density at radius 1 is 1.42 bits per heavy atom. The Morgan fingerprint density at radius 3 is 2.88 bits per heavy atom. The number of aromatic amines is 1. The average Bonchev–Trinajstić information content (AvgIpc) is 2.80. The molecule has 1 unspecified atom stereocenters. The number of carbonyl (C=O) groups excluding carboxylic acids is 1. The number of halogens is 1. The number of hydrogen-bond donors (Lipinski definition) is 2. The lowest BCUT2D eigenvalue weighted by Crippen LogP contribution is -2.52. The fourth-order valence-corrected chi connectivity index (χ4v) is 4.05. The van der Waals surface area contributed by atoms with Crippen molar-refractivity contribution in [1.29, 1.82) is 0 Å². The fraction of sp³-hybridized carbons (Fsp3) is 0.562. The Morgan fingerprint density at radius 2 is 2.17 bits per heavy atom. The first-order chi connectivity index (χ1) is 11.0. The molecule has 3 rings (SSSR count). The molecule has 132 valence electrons. The first kappa shape index (κ1) is 18.9. The number of nitrogens with one attached hydrogen (secondary N) is 2. The molecule has 3 heterocycles. The number of thiophene rings is 1. The van der Waals surface area contributed by atoms with Crippen LogP contribution >= 0.6 is 23.7 Å². The third kappa shape index (κ3) is 3.63. The highest BCUT2D eigenvalue weighted by molar-refractivity contribution is 7.18. The normalized spacial score (nSPS) is 17.8. The summed E-state index contributed by atoms with van der Waals surface area (Å²) in [5.74, 6) is 0.722. The van der Waals surface area contributed by atoms with Gasteiger partial charge in [-0.15, -0.1) is 23.7 Å². The summed E-state index contributed by atoms with van der Waals surface area (Å²) in [6.07, 6.45) is 0.846. The number of carbonyl (C=O) groups is 1. The Balaban J connectivity index is 0.00000208. The summed E-state index contributed by atoms with van der Waals surface area (Å²) in [6.45, 7) is 8.40. The molecule has 0 saturated carbocycles. The van der Waals surface area contributed by atoms with Gasteiger partial charge in [0.25, 0.3) is 5.56 Å². The summed E-state index contributed by atoms with van der Waals surface area (Å²) in [7, 11) is 0. The van der Waals surface area contributed by atoms with Gasteiger partial charge in [0, 0.05) is 43.4 Å². The molecule has 0 radical (unpaired) electrons. The summed E-state index contributed by atoms with van der Waals surface area (Å²) in [4.78, 5) is 35.8. The minimum Gasteiger partial charge on any atom is -0.337 e. The molecule has 0 spiro atoms. The number of H-pyrrole nitrogens is 1. The average molecular weight is 371 g/mol. The molecule has 6 nitrogen and oxygen atoms in total. The highest BCUT2D eigenvalue weighted by Crippen LogP contribution is 2.25. The number of fused-ring (bicyclic) bond motifs is 1. The van der Waals surface area contributed by atoms with Gasteiger partial charge in [-0.25, -0.2) is 4.98 Å². The van der Waals surface area contributed by atoms with Crippen LogP contribution in [0.2, 0.25) is 0 Å². The van der Waals surface area contributed by atoms with Crippen molar-refractivity contribution in [1.82, 2.24) is 20.2 Å². The molecule has 1 aliphatic heterocycles. The molecule has 2 aromatic heterocycles. The molecule has 2 N–H and O–H groups in total. The van der Waals surface area contributed by atoms with Gasteiger partial charge in [-0.2, -0.15) is 0 Å². The Labute approximate surface area is 151 Å². The number of aromatic nitrogens is 2. The van der Waals surface area contributed by atoms with Crippen molar-refractivity contribution in [3.05, 3.63) is 26.6 Å². The van der Waals surface area contributed by atoms with Crippen LogP contribution in [0.3, 0.4) is 0 Å². The van der Waals surface area contributed by atoms with Crippen molar-refractivity contribution >= 4 is 39.9 Å². The molecular formula is C16H23ClN4O2S. The van der Waals surface area contributed by atoms with Crippen LogP contribution in [-0.2, 0) is 11.2 Å². The maximum Gasteiger partial charge on any atom is 0.259 e. The summed E-state index contributed by atoms with van der Waals surface area (Å²) in [5, 5.41) is 3.95. The standard InChI is InChI=1S/C16H22N4O2S.ClH/c1-9-8-17-6-7-20(9)13(21)5-4-12-18-15(22)14-10(2)11(3)23-16(14)19-12;/h9,17H,4-8H2,1-3H3,(H,18,19,22);1H. The lowest BCUT2D eigenvalue weighted by atomic mass is 10.1. The zero-order chi connectivity index (χ0) is 16.6. The summed E-state index contributed by atoms with van der Waals surface area (Å²) >= 11 is 1.54. The molecule has 0 bridgehead atoms. The predicted octanol–water partition coefficient (Wildman–Crippen LogP) is 1.78. The van der Waals surface area contributed by atoms with Gasteiger partial charge in [-0.05, 0) is 26.3 Å². The van der Waals surface area contributed by atoms with E-state index in [9.17, 15) is 9.59 Å². The van der Waals surface area contributed by atoms with Gasteiger partial charge in [-0.3, -0.25) is 9.59 Å². The van der Waals surface area contributed by atoms with Crippen LogP contribution < -0.4 is 10.9 Å². The van der Waals surface area contributed by atoms with Crippen LogP contribution in [0.5, 0.6) is 0 Å². The topological polar surface area (TPSA) is 78.1 Å². The van der Waals surface area contributed by atoms with E-state index in [4.69, 9.17) is 0 Å². The number of nitrogens with zero attached hydrogens (tertiary/aromatic N) is 2. The van der Waals surface area contributed by atoms with Crippen LogP contribution in [0.15, 0.2) is 4.79 Å². The first-order valence-electron chi connectivity index (χ1n) is 7.96. The lowest BCUT2D eigenvalue weighted by molar-refractivity contribution is -0.133. The van der Waals surface area contributed by atoms with E-state index in [2.05, 4.69) is 15.3 Å². The van der Waals surface area contributed by atoms with E-state index in [1.807, 2.05) is 25.7 Å². The zero-order valence-corrected chi connectivity index (χ0v) is 15.8. The molecule has 1 atom stereocenters. The van der Waals surface area contributed by atoms with Crippen LogP contribution in [0.4, 0.5) is 0 Å². The largest absolute Gasteiger partial charge is 0.337 e. The third-order valence-electron chi connectivity index (χ3n) is 4.49. The second-order valence-corrected chi connectivity index (χ2v) is 7.32. The van der Waals surface area contributed by atoms with Gasteiger partial charge >= 0.3 is 0 Å². The van der Waals surface area contributed by atoms with Crippen molar-refractivity contribution in [2.75, 3.05) is 19.6 Å². The van der Waals surface area contributed by atoms with Crippen molar-refractivity contribution in [2.24, 2.45) is 0 Å². The van der Waals surface area contributed by atoms with Crippen molar-refractivity contribution in [2.45, 2.75) is 39.7 Å². The molecule has 1 amide bonds. The van der Waals surface area contributed by atoms with Crippen molar-refractivity contribution in [3.8, 4) is 0 Å². The maximum atomic E-state index is 12.4. The monoisotopic (exact) mass is 370 g/mol. The van der Waals surface area contributed by atoms with Gasteiger partial charge in [0.05, 0.1) is 5.39 Å². The second kappa shape index (κ2) is 7.63. The van der Waals surface area contributed by atoms with Gasteiger partial charge in [0.1, 0.15) is 10.7 Å². The van der Waals surface area contributed by atoms with Crippen LogP contribution in [0.1, 0.15) is 29.6 Å². The fourth-order valence-electron chi connectivity index (χ4n) is 3.00. The molecule has 24 heavy (non-hydrogen) atoms. The number of amides is 1. The number of piperazine rings is 1. The highest BCUT2D eigenvalue weighted by atomic mass is 35.5. The summed E-state index contributed by atoms with van der Waals surface area (Å²) < 4.78 is 0. The number of rotatable bonds is 3. The van der Waals surface area contributed by atoms with Gasteiger partial charge in [-0.1, -0.05) is 0 Å². The van der Waals surface area contributed by atoms with Crippen molar-refractivity contribution in [3.63, 3.8) is 0 Å². The molecule has 1 saturated heterocycles. The zero-order valence-electron chi connectivity index (χ0n) is 14.1. The quantitative estimate of drug-likeness (QED) is 0.863. The van der Waals surface area contributed by atoms with E-state index >= 15 is 0 Å². The molecule has 1 fully saturated rings. The van der Waals surface area contributed by atoms with E-state index in [0.717, 1.165) is 34.9 Å². The third-order valence-corrected chi connectivity index (χ3v) is 5.59. The van der Waals surface area contributed by atoms with Crippen LogP contribution in [0, 0.1) is 13.8 Å². The van der Waals surface area contributed by atoms with Crippen LogP contribution in [0.25, 0.3) is 10.2 Å². The van der Waals surface area contributed by atoms with Gasteiger partial charge < -0.3 is 15.2 Å².